The first kappa shape index (κ1) is 15.5. The Morgan fingerprint density at radius 2 is 2.25 bits per heavy atom. The molecule has 1 aliphatic rings. The first-order valence-electron chi connectivity index (χ1n) is 8.01. The lowest BCUT2D eigenvalue weighted by Gasteiger charge is -2.41. The number of likely N-dealkylation sites (N-methyl/N-ethyl adjacent to an activating group) is 2. The van der Waals surface area contributed by atoms with Gasteiger partial charge >= 0.3 is 0 Å². The largest absolute Gasteiger partial charge is 0.315 e. The molecule has 0 spiro atoms. The minimum Gasteiger partial charge on any atom is -0.315 e. The molecule has 1 fully saturated rings. The minimum atomic E-state index is 0.629. The third-order valence-corrected chi connectivity index (χ3v) is 4.71. The first-order chi connectivity index (χ1) is 9.74. The molecule has 3 unspecified atom stereocenters. The van der Waals surface area contributed by atoms with Crippen LogP contribution in [-0.4, -0.2) is 36.1 Å². The maximum absolute atomic E-state index is 4.22. The molecule has 3 heteroatoms. The van der Waals surface area contributed by atoms with Crippen molar-refractivity contribution in [3.05, 3.63) is 30.1 Å². The molecule has 112 valence electrons. The summed E-state index contributed by atoms with van der Waals surface area (Å²) in [6.07, 6.45) is 10.5. The van der Waals surface area contributed by atoms with Gasteiger partial charge in [-0.2, -0.15) is 0 Å². The van der Waals surface area contributed by atoms with Gasteiger partial charge in [0.15, 0.2) is 0 Å². The lowest BCUT2D eigenvalue weighted by molar-refractivity contribution is 0.114. The number of hydrogen-bond acceptors (Lipinski definition) is 3. The van der Waals surface area contributed by atoms with Crippen LogP contribution in [0.2, 0.25) is 0 Å². The number of nitrogens with one attached hydrogen (secondary N) is 1. The molecule has 20 heavy (non-hydrogen) atoms. The van der Waals surface area contributed by atoms with Gasteiger partial charge in [0.2, 0.25) is 0 Å². The average Bonchev–Trinajstić information content (AvgIpc) is 2.48. The fraction of sp³-hybridized carbons (Fsp3) is 0.706. The topological polar surface area (TPSA) is 28.2 Å². The molecule has 0 saturated heterocycles. The van der Waals surface area contributed by atoms with Crippen molar-refractivity contribution >= 4 is 0 Å². The number of hydrogen-bond donors (Lipinski definition) is 1. The molecule has 0 aromatic carbocycles. The molecule has 0 amide bonds. The zero-order valence-electron chi connectivity index (χ0n) is 13.2. The molecule has 0 aliphatic heterocycles. The van der Waals surface area contributed by atoms with Gasteiger partial charge in [-0.3, -0.25) is 9.88 Å². The zero-order valence-corrected chi connectivity index (χ0v) is 13.2. The first-order valence-corrected chi connectivity index (χ1v) is 8.01. The number of pyridine rings is 1. The monoisotopic (exact) mass is 275 g/mol. The quantitative estimate of drug-likeness (QED) is 0.865. The van der Waals surface area contributed by atoms with E-state index in [1.54, 1.807) is 0 Å². The van der Waals surface area contributed by atoms with Gasteiger partial charge in [0.25, 0.3) is 0 Å². The van der Waals surface area contributed by atoms with E-state index in [4.69, 9.17) is 0 Å². The third kappa shape index (κ3) is 4.03. The van der Waals surface area contributed by atoms with Crippen LogP contribution in [0.5, 0.6) is 0 Å². The predicted octanol–water partition coefficient (Wildman–Crippen LogP) is 3.07. The summed E-state index contributed by atoms with van der Waals surface area (Å²) in [5.74, 6) is 0.908. The molecular formula is C17H29N3. The maximum Gasteiger partial charge on any atom is 0.0312 e. The summed E-state index contributed by atoms with van der Waals surface area (Å²) in [5, 5.41) is 3.53. The van der Waals surface area contributed by atoms with Crippen molar-refractivity contribution in [3.8, 4) is 0 Å². The van der Waals surface area contributed by atoms with Crippen molar-refractivity contribution in [1.29, 1.82) is 0 Å². The second-order valence-electron chi connectivity index (χ2n) is 6.21. The highest BCUT2D eigenvalue weighted by molar-refractivity contribution is 5.08. The van der Waals surface area contributed by atoms with Crippen LogP contribution in [-0.2, 0) is 6.54 Å². The Balaban J connectivity index is 1.98. The van der Waals surface area contributed by atoms with Crippen LogP contribution in [0.3, 0.4) is 0 Å². The number of aromatic nitrogens is 1. The van der Waals surface area contributed by atoms with E-state index in [9.17, 15) is 0 Å². The Hall–Kier alpha value is -0.930. The summed E-state index contributed by atoms with van der Waals surface area (Å²) in [4.78, 5) is 6.74. The molecule has 0 radical (unpaired) electrons. The fourth-order valence-electron chi connectivity index (χ4n) is 3.62. The van der Waals surface area contributed by atoms with Crippen LogP contribution in [0.4, 0.5) is 0 Å². The van der Waals surface area contributed by atoms with Crippen LogP contribution in [0.1, 0.15) is 44.6 Å². The van der Waals surface area contributed by atoms with Crippen molar-refractivity contribution in [2.45, 2.75) is 57.7 Å². The molecule has 1 aliphatic carbocycles. The average molecular weight is 275 g/mol. The van der Waals surface area contributed by atoms with Crippen molar-refractivity contribution in [2.75, 3.05) is 14.1 Å². The van der Waals surface area contributed by atoms with Crippen molar-refractivity contribution < 1.29 is 0 Å². The number of rotatable bonds is 6. The van der Waals surface area contributed by atoms with E-state index in [2.05, 4.69) is 42.3 Å². The highest BCUT2D eigenvalue weighted by atomic mass is 15.2. The molecule has 1 aromatic heterocycles. The summed E-state index contributed by atoms with van der Waals surface area (Å²) >= 11 is 0. The van der Waals surface area contributed by atoms with Gasteiger partial charge in [-0.05, 0) is 50.9 Å². The Labute approximate surface area is 123 Å². The van der Waals surface area contributed by atoms with Crippen molar-refractivity contribution in [1.82, 2.24) is 15.2 Å². The Morgan fingerprint density at radius 1 is 1.40 bits per heavy atom. The van der Waals surface area contributed by atoms with E-state index >= 15 is 0 Å². The molecule has 3 atom stereocenters. The Morgan fingerprint density at radius 3 is 2.90 bits per heavy atom. The maximum atomic E-state index is 4.22. The van der Waals surface area contributed by atoms with Crippen molar-refractivity contribution in [3.63, 3.8) is 0 Å². The van der Waals surface area contributed by atoms with Gasteiger partial charge in [-0.25, -0.2) is 0 Å². The predicted molar refractivity (Wildman–Crippen MR) is 84.6 cm³/mol. The molecular weight excluding hydrogens is 246 g/mol. The summed E-state index contributed by atoms with van der Waals surface area (Å²) in [7, 11) is 4.37. The zero-order chi connectivity index (χ0) is 14.4. The van der Waals surface area contributed by atoms with E-state index in [1.807, 2.05) is 18.5 Å². The summed E-state index contributed by atoms with van der Waals surface area (Å²) in [5.41, 5.74) is 1.31. The van der Waals surface area contributed by atoms with Crippen LogP contribution in [0, 0.1) is 5.92 Å². The van der Waals surface area contributed by atoms with E-state index in [1.165, 1.54) is 37.7 Å². The summed E-state index contributed by atoms with van der Waals surface area (Å²) in [6.45, 7) is 3.30. The van der Waals surface area contributed by atoms with Gasteiger partial charge in [0.05, 0.1) is 0 Å². The molecule has 2 rings (SSSR count). The van der Waals surface area contributed by atoms with Crippen LogP contribution in [0.15, 0.2) is 24.5 Å². The van der Waals surface area contributed by atoms with Crippen LogP contribution >= 0.6 is 0 Å². The van der Waals surface area contributed by atoms with E-state index in [0.717, 1.165) is 12.5 Å². The smallest absolute Gasteiger partial charge is 0.0312 e. The Kier molecular flexibility index (Phi) is 5.99. The summed E-state index contributed by atoms with van der Waals surface area (Å²) in [6, 6.07) is 5.47. The van der Waals surface area contributed by atoms with E-state index in [0.29, 0.717) is 12.1 Å². The minimum absolute atomic E-state index is 0.629. The molecule has 3 nitrogen and oxygen atoms in total. The van der Waals surface area contributed by atoms with E-state index in [-0.39, 0.29) is 0 Å². The lowest BCUT2D eigenvalue weighted by atomic mass is 9.79. The van der Waals surface area contributed by atoms with E-state index < -0.39 is 0 Å². The normalized spacial score (nSPS) is 26.9. The van der Waals surface area contributed by atoms with Crippen LogP contribution < -0.4 is 5.32 Å². The third-order valence-electron chi connectivity index (χ3n) is 4.71. The number of nitrogens with zero attached hydrogens (tertiary/aromatic N) is 2. The van der Waals surface area contributed by atoms with Gasteiger partial charge in [0.1, 0.15) is 0 Å². The molecule has 1 saturated carbocycles. The standard InChI is InChI=1S/C17H29N3/c1-4-6-14-8-9-16(18-2)17(11-14)20(3)13-15-7-5-10-19-12-15/h5,7,10,12,14,16-18H,4,6,8-9,11,13H2,1-3H3. The van der Waals surface area contributed by atoms with Gasteiger partial charge < -0.3 is 5.32 Å². The van der Waals surface area contributed by atoms with Crippen molar-refractivity contribution in [2.24, 2.45) is 5.92 Å². The SMILES string of the molecule is CCCC1CCC(NC)C(N(C)Cc2cccnc2)C1. The highest BCUT2D eigenvalue weighted by Gasteiger charge is 2.31. The Bertz CT molecular complexity index is 379. The second-order valence-corrected chi connectivity index (χ2v) is 6.21. The fourth-order valence-corrected chi connectivity index (χ4v) is 3.62. The summed E-state index contributed by atoms with van der Waals surface area (Å²) < 4.78 is 0. The van der Waals surface area contributed by atoms with Gasteiger partial charge in [0, 0.05) is 31.0 Å². The molecule has 1 heterocycles. The lowest BCUT2D eigenvalue weighted by Crippen LogP contribution is -2.50. The van der Waals surface area contributed by atoms with Gasteiger partial charge in [-0.15, -0.1) is 0 Å². The molecule has 1 aromatic rings. The van der Waals surface area contributed by atoms with Gasteiger partial charge in [-0.1, -0.05) is 25.8 Å². The molecule has 1 N–H and O–H groups in total. The highest BCUT2D eigenvalue weighted by Crippen LogP contribution is 2.31. The molecule has 0 bridgehead atoms. The van der Waals surface area contributed by atoms with Crippen LogP contribution in [0.25, 0.3) is 0 Å². The second kappa shape index (κ2) is 7.75.